The first-order valence-corrected chi connectivity index (χ1v) is 7.73. The molecule has 1 saturated heterocycles. The van der Waals surface area contributed by atoms with Crippen molar-refractivity contribution < 1.29 is 14.3 Å². The minimum atomic E-state index is -0.311. The summed E-state index contributed by atoms with van der Waals surface area (Å²) in [4.78, 5) is 27.4. The highest BCUT2D eigenvalue weighted by Gasteiger charge is 2.24. The summed E-state index contributed by atoms with van der Waals surface area (Å²) >= 11 is 0. The summed E-state index contributed by atoms with van der Waals surface area (Å²) in [7, 11) is 0. The Bertz CT molecular complexity index is 482. The molecule has 1 aromatic rings. The van der Waals surface area contributed by atoms with Crippen LogP contribution in [0.25, 0.3) is 0 Å². The fraction of sp³-hybridized carbons (Fsp3) is 0.471. The Labute approximate surface area is 131 Å². The SMILES string of the molecule is [CH2]CCCC(=O)N1CCN(C(=O)OCc2ccccc2)CC1. The number of carbonyl (C=O) groups excluding carboxylic acids is 2. The van der Waals surface area contributed by atoms with Crippen LogP contribution in [0.2, 0.25) is 0 Å². The van der Waals surface area contributed by atoms with Crippen LogP contribution in [0.5, 0.6) is 0 Å². The Hall–Kier alpha value is -2.04. The molecule has 1 aliphatic rings. The molecule has 0 bridgehead atoms. The minimum Gasteiger partial charge on any atom is -0.445 e. The molecule has 0 unspecified atom stereocenters. The lowest BCUT2D eigenvalue weighted by Crippen LogP contribution is -2.50. The molecule has 0 N–H and O–H groups in total. The van der Waals surface area contributed by atoms with Gasteiger partial charge in [-0.25, -0.2) is 4.79 Å². The molecule has 5 nitrogen and oxygen atoms in total. The molecule has 0 spiro atoms. The number of unbranched alkanes of at least 4 members (excludes halogenated alkanes) is 1. The molecule has 1 aliphatic heterocycles. The van der Waals surface area contributed by atoms with E-state index in [9.17, 15) is 9.59 Å². The topological polar surface area (TPSA) is 49.9 Å². The summed E-state index contributed by atoms with van der Waals surface area (Å²) in [6.45, 7) is 6.25. The van der Waals surface area contributed by atoms with E-state index in [1.165, 1.54) is 0 Å². The third-order valence-electron chi connectivity index (χ3n) is 3.74. The number of hydrogen-bond acceptors (Lipinski definition) is 3. The van der Waals surface area contributed by atoms with E-state index in [0.29, 0.717) is 32.6 Å². The highest BCUT2D eigenvalue weighted by molar-refractivity contribution is 5.76. The highest BCUT2D eigenvalue weighted by atomic mass is 16.6. The molecule has 1 fully saturated rings. The molecule has 2 amide bonds. The van der Waals surface area contributed by atoms with E-state index < -0.39 is 0 Å². The second-order valence-corrected chi connectivity index (χ2v) is 5.37. The van der Waals surface area contributed by atoms with Crippen molar-refractivity contribution in [2.75, 3.05) is 26.2 Å². The molecule has 119 valence electrons. The lowest BCUT2D eigenvalue weighted by atomic mass is 10.2. The van der Waals surface area contributed by atoms with E-state index in [2.05, 4.69) is 6.92 Å². The summed E-state index contributed by atoms with van der Waals surface area (Å²) in [5.74, 6) is 0.154. The molecular formula is C17H23N2O3. The molecule has 2 rings (SSSR count). The standard InChI is InChI=1S/C17H23N2O3/c1-2-3-9-16(20)18-10-12-19(13-11-18)17(21)22-14-15-7-5-4-6-8-15/h4-8H,1-3,9-14H2. The molecule has 0 aromatic heterocycles. The van der Waals surface area contributed by atoms with E-state index in [1.807, 2.05) is 35.2 Å². The Morgan fingerprint density at radius 3 is 2.32 bits per heavy atom. The largest absolute Gasteiger partial charge is 0.445 e. The van der Waals surface area contributed by atoms with Crippen LogP contribution in [-0.2, 0) is 16.1 Å². The Morgan fingerprint density at radius 1 is 1.05 bits per heavy atom. The third-order valence-corrected chi connectivity index (χ3v) is 3.74. The van der Waals surface area contributed by atoms with Gasteiger partial charge in [0, 0.05) is 32.6 Å². The van der Waals surface area contributed by atoms with Crippen molar-refractivity contribution in [2.45, 2.75) is 25.9 Å². The number of rotatable bonds is 5. The van der Waals surface area contributed by atoms with Crippen LogP contribution in [-0.4, -0.2) is 48.0 Å². The maximum Gasteiger partial charge on any atom is 0.410 e. The van der Waals surface area contributed by atoms with Crippen molar-refractivity contribution in [3.8, 4) is 0 Å². The van der Waals surface area contributed by atoms with E-state index in [1.54, 1.807) is 4.90 Å². The maximum absolute atomic E-state index is 12.0. The molecule has 0 saturated carbocycles. The van der Waals surface area contributed by atoms with Crippen molar-refractivity contribution in [2.24, 2.45) is 0 Å². The fourth-order valence-electron chi connectivity index (χ4n) is 2.38. The minimum absolute atomic E-state index is 0.154. The van der Waals surface area contributed by atoms with Crippen LogP contribution in [0.1, 0.15) is 24.8 Å². The Balaban J connectivity index is 1.72. The molecule has 1 aromatic carbocycles. The van der Waals surface area contributed by atoms with Crippen molar-refractivity contribution in [1.82, 2.24) is 9.80 Å². The van der Waals surface area contributed by atoms with E-state index in [0.717, 1.165) is 18.4 Å². The maximum atomic E-state index is 12.0. The first-order chi connectivity index (χ1) is 10.7. The Kier molecular flexibility index (Phi) is 6.25. The Morgan fingerprint density at radius 2 is 1.68 bits per heavy atom. The lowest BCUT2D eigenvalue weighted by molar-refractivity contribution is -0.132. The second-order valence-electron chi connectivity index (χ2n) is 5.37. The van der Waals surface area contributed by atoms with Gasteiger partial charge in [0.15, 0.2) is 0 Å². The van der Waals surface area contributed by atoms with Gasteiger partial charge in [0.25, 0.3) is 0 Å². The summed E-state index contributed by atoms with van der Waals surface area (Å²) < 4.78 is 5.30. The lowest BCUT2D eigenvalue weighted by Gasteiger charge is -2.34. The van der Waals surface area contributed by atoms with Crippen molar-refractivity contribution in [1.29, 1.82) is 0 Å². The normalized spacial score (nSPS) is 14.8. The third kappa shape index (κ3) is 4.76. The van der Waals surface area contributed by atoms with Gasteiger partial charge < -0.3 is 14.5 Å². The summed E-state index contributed by atoms with van der Waals surface area (Å²) in [6.07, 6.45) is 1.83. The number of hydrogen-bond donors (Lipinski definition) is 0. The number of piperazine rings is 1. The van der Waals surface area contributed by atoms with Gasteiger partial charge >= 0.3 is 6.09 Å². The molecule has 0 atom stereocenters. The second kappa shape index (κ2) is 8.41. The fourth-order valence-corrected chi connectivity index (χ4v) is 2.38. The van der Waals surface area contributed by atoms with Crippen LogP contribution in [0.4, 0.5) is 4.79 Å². The quantitative estimate of drug-likeness (QED) is 0.839. The summed E-state index contributed by atoms with van der Waals surface area (Å²) in [5, 5.41) is 0. The molecule has 1 heterocycles. The van der Waals surface area contributed by atoms with E-state index in [4.69, 9.17) is 4.74 Å². The van der Waals surface area contributed by atoms with E-state index in [-0.39, 0.29) is 18.6 Å². The molecule has 0 aliphatic carbocycles. The van der Waals surface area contributed by atoms with Gasteiger partial charge in [-0.3, -0.25) is 4.79 Å². The van der Waals surface area contributed by atoms with Gasteiger partial charge in [0.2, 0.25) is 5.91 Å². The zero-order valence-corrected chi connectivity index (χ0v) is 12.9. The molecule has 1 radical (unpaired) electrons. The van der Waals surface area contributed by atoms with Crippen molar-refractivity contribution >= 4 is 12.0 Å². The van der Waals surface area contributed by atoms with Crippen molar-refractivity contribution in [3.05, 3.63) is 42.8 Å². The van der Waals surface area contributed by atoms with Gasteiger partial charge in [-0.1, -0.05) is 43.7 Å². The van der Waals surface area contributed by atoms with Crippen LogP contribution < -0.4 is 0 Å². The monoisotopic (exact) mass is 303 g/mol. The van der Waals surface area contributed by atoms with Crippen LogP contribution >= 0.6 is 0 Å². The average molecular weight is 303 g/mol. The van der Waals surface area contributed by atoms with Gasteiger partial charge in [-0.2, -0.15) is 0 Å². The van der Waals surface area contributed by atoms with E-state index >= 15 is 0 Å². The van der Waals surface area contributed by atoms with Crippen molar-refractivity contribution in [3.63, 3.8) is 0 Å². The van der Waals surface area contributed by atoms with Crippen LogP contribution in [0.15, 0.2) is 30.3 Å². The molecule has 22 heavy (non-hydrogen) atoms. The van der Waals surface area contributed by atoms with Gasteiger partial charge in [-0.15, -0.1) is 0 Å². The zero-order valence-electron chi connectivity index (χ0n) is 12.9. The summed E-state index contributed by atoms with van der Waals surface area (Å²) in [6, 6.07) is 9.61. The predicted octanol–water partition coefficient (Wildman–Crippen LogP) is 2.47. The van der Waals surface area contributed by atoms with Crippen LogP contribution in [0, 0.1) is 6.92 Å². The van der Waals surface area contributed by atoms with Gasteiger partial charge in [0.1, 0.15) is 6.61 Å². The molecule has 5 heteroatoms. The van der Waals surface area contributed by atoms with Gasteiger partial charge in [-0.05, 0) is 12.0 Å². The number of amides is 2. The smallest absolute Gasteiger partial charge is 0.410 e. The first kappa shape index (κ1) is 16.3. The predicted molar refractivity (Wildman–Crippen MR) is 84.0 cm³/mol. The number of benzene rings is 1. The van der Waals surface area contributed by atoms with Gasteiger partial charge in [0.05, 0.1) is 0 Å². The zero-order chi connectivity index (χ0) is 15.8. The number of carbonyl (C=O) groups is 2. The highest BCUT2D eigenvalue weighted by Crippen LogP contribution is 2.09. The summed E-state index contributed by atoms with van der Waals surface area (Å²) in [5.41, 5.74) is 0.970. The molecular weight excluding hydrogens is 280 g/mol. The van der Waals surface area contributed by atoms with Crippen LogP contribution in [0.3, 0.4) is 0 Å². The number of nitrogens with zero attached hydrogens (tertiary/aromatic N) is 2. The average Bonchev–Trinajstić information content (AvgIpc) is 2.58. The number of ether oxygens (including phenoxy) is 1. The first-order valence-electron chi connectivity index (χ1n) is 7.73.